The quantitative estimate of drug-likeness (QED) is 0.860. The number of nitrogens with one attached hydrogen (secondary N) is 1. The molecule has 1 amide bonds. The van der Waals surface area contributed by atoms with Crippen LogP contribution in [0.2, 0.25) is 0 Å². The third-order valence-electron chi connectivity index (χ3n) is 2.69. The van der Waals surface area contributed by atoms with Crippen LogP contribution in [0.15, 0.2) is 17.5 Å². The zero-order valence-electron chi connectivity index (χ0n) is 11.8. The van der Waals surface area contributed by atoms with E-state index in [0.717, 1.165) is 19.5 Å². The molecule has 1 N–H and O–H groups in total. The highest BCUT2D eigenvalue weighted by Gasteiger charge is 2.12. The van der Waals surface area contributed by atoms with Gasteiger partial charge in [0.1, 0.15) is 0 Å². The van der Waals surface area contributed by atoms with Gasteiger partial charge in [0, 0.05) is 37.0 Å². The second-order valence-corrected chi connectivity index (χ2v) is 6.60. The molecule has 0 saturated carbocycles. The van der Waals surface area contributed by atoms with E-state index in [2.05, 4.69) is 43.6 Å². The Morgan fingerprint density at radius 3 is 2.72 bits per heavy atom. The third-order valence-corrected chi connectivity index (χ3v) is 3.63. The Morgan fingerprint density at radius 1 is 1.44 bits per heavy atom. The van der Waals surface area contributed by atoms with Crippen molar-refractivity contribution in [1.82, 2.24) is 10.2 Å². The summed E-state index contributed by atoms with van der Waals surface area (Å²) in [7, 11) is 1.88. The molecule has 0 saturated heterocycles. The van der Waals surface area contributed by atoms with Gasteiger partial charge in [-0.2, -0.15) is 0 Å². The lowest BCUT2D eigenvalue weighted by molar-refractivity contribution is -0.129. The molecule has 0 bridgehead atoms. The lowest BCUT2D eigenvalue weighted by atomic mass is 10.1. The fourth-order valence-corrected chi connectivity index (χ4v) is 2.29. The van der Waals surface area contributed by atoms with E-state index < -0.39 is 0 Å². The first kappa shape index (κ1) is 15.2. The van der Waals surface area contributed by atoms with Crippen LogP contribution in [0.5, 0.6) is 0 Å². The molecule has 0 fully saturated rings. The van der Waals surface area contributed by atoms with E-state index in [4.69, 9.17) is 0 Å². The predicted molar refractivity (Wildman–Crippen MR) is 78.0 cm³/mol. The standard InChI is InChI=1S/C14H24N2OS/c1-14(2,3)15-9-7-13(17)16(4)10-8-12-6-5-11-18-12/h5-6,11,15H,7-10H2,1-4H3. The fourth-order valence-electron chi connectivity index (χ4n) is 1.59. The van der Waals surface area contributed by atoms with Gasteiger partial charge in [-0.1, -0.05) is 6.07 Å². The average molecular weight is 268 g/mol. The molecule has 102 valence electrons. The van der Waals surface area contributed by atoms with Crippen molar-refractivity contribution in [3.63, 3.8) is 0 Å². The summed E-state index contributed by atoms with van der Waals surface area (Å²) in [4.78, 5) is 15.0. The number of hydrogen-bond donors (Lipinski definition) is 1. The molecule has 0 aromatic carbocycles. The summed E-state index contributed by atoms with van der Waals surface area (Å²) in [6.45, 7) is 7.87. The van der Waals surface area contributed by atoms with Crippen LogP contribution in [-0.4, -0.2) is 36.5 Å². The Hall–Kier alpha value is -0.870. The van der Waals surface area contributed by atoms with Crippen molar-refractivity contribution in [2.24, 2.45) is 0 Å². The normalized spacial score (nSPS) is 11.6. The molecule has 18 heavy (non-hydrogen) atoms. The number of amides is 1. The molecular formula is C14H24N2OS. The van der Waals surface area contributed by atoms with Crippen molar-refractivity contribution in [1.29, 1.82) is 0 Å². The number of carbonyl (C=O) groups excluding carboxylic acids is 1. The van der Waals surface area contributed by atoms with E-state index in [9.17, 15) is 4.79 Å². The van der Waals surface area contributed by atoms with Crippen LogP contribution in [0, 0.1) is 0 Å². The van der Waals surface area contributed by atoms with Crippen LogP contribution in [0.25, 0.3) is 0 Å². The number of rotatable bonds is 6. The maximum Gasteiger partial charge on any atom is 0.223 e. The average Bonchev–Trinajstić information content (AvgIpc) is 2.76. The monoisotopic (exact) mass is 268 g/mol. The molecule has 0 atom stereocenters. The Kier molecular flexibility index (Phi) is 5.82. The van der Waals surface area contributed by atoms with Crippen molar-refractivity contribution in [3.05, 3.63) is 22.4 Å². The summed E-state index contributed by atoms with van der Waals surface area (Å²) in [5.41, 5.74) is 0.0792. The van der Waals surface area contributed by atoms with Crippen molar-refractivity contribution in [2.75, 3.05) is 20.1 Å². The zero-order chi connectivity index (χ0) is 13.6. The minimum atomic E-state index is 0.0792. The van der Waals surface area contributed by atoms with Gasteiger partial charge in [0.25, 0.3) is 0 Å². The van der Waals surface area contributed by atoms with Crippen LogP contribution < -0.4 is 5.32 Å². The van der Waals surface area contributed by atoms with Gasteiger partial charge in [0.05, 0.1) is 0 Å². The summed E-state index contributed by atoms with van der Waals surface area (Å²) < 4.78 is 0. The van der Waals surface area contributed by atoms with E-state index in [1.54, 1.807) is 11.3 Å². The predicted octanol–water partition coefficient (Wildman–Crippen LogP) is 2.53. The SMILES string of the molecule is CN(CCc1cccs1)C(=O)CCNC(C)(C)C. The molecule has 0 unspecified atom stereocenters. The van der Waals surface area contributed by atoms with Gasteiger partial charge in [0.15, 0.2) is 0 Å². The number of thiophene rings is 1. The molecule has 4 heteroatoms. The molecule has 1 heterocycles. The largest absolute Gasteiger partial charge is 0.345 e. The van der Waals surface area contributed by atoms with Crippen molar-refractivity contribution in [2.45, 2.75) is 39.2 Å². The Balaban J connectivity index is 2.20. The van der Waals surface area contributed by atoms with Crippen LogP contribution in [-0.2, 0) is 11.2 Å². The fraction of sp³-hybridized carbons (Fsp3) is 0.643. The number of nitrogens with zero attached hydrogens (tertiary/aromatic N) is 1. The van der Waals surface area contributed by atoms with Crippen LogP contribution in [0.3, 0.4) is 0 Å². The van der Waals surface area contributed by atoms with Crippen LogP contribution in [0.4, 0.5) is 0 Å². The van der Waals surface area contributed by atoms with Gasteiger partial charge in [0.2, 0.25) is 5.91 Å². The highest BCUT2D eigenvalue weighted by Crippen LogP contribution is 2.09. The lowest BCUT2D eigenvalue weighted by Crippen LogP contribution is -2.39. The Morgan fingerprint density at radius 2 is 2.17 bits per heavy atom. The maximum absolute atomic E-state index is 11.9. The maximum atomic E-state index is 11.9. The molecule has 0 aliphatic heterocycles. The molecule has 3 nitrogen and oxygen atoms in total. The van der Waals surface area contributed by atoms with Gasteiger partial charge in [-0.25, -0.2) is 0 Å². The Bertz CT molecular complexity index is 354. The number of carbonyl (C=O) groups is 1. The van der Waals surface area contributed by atoms with E-state index in [1.165, 1.54) is 4.88 Å². The second kappa shape index (κ2) is 6.90. The molecule has 0 aliphatic carbocycles. The molecule has 0 spiro atoms. The first-order chi connectivity index (χ1) is 8.38. The summed E-state index contributed by atoms with van der Waals surface area (Å²) in [5.74, 6) is 0.211. The second-order valence-electron chi connectivity index (χ2n) is 5.57. The van der Waals surface area contributed by atoms with E-state index in [-0.39, 0.29) is 11.4 Å². The van der Waals surface area contributed by atoms with E-state index in [1.807, 2.05) is 11.9 Å². The van der Waals surface area contributed by atoms with Crippen LogP contribution in [0.1, 0.15) is 32.1 Å². The minimum absolute atomic E-state index is 0.0792. The zero-order valence-corrected chi connectivity index (χ0v) is 12.6. The van der Waals surface area contributed by atoms with Crippen molar-refractivity contribution in [3.8, 4) is 0 Å². The Labute approximate surface area is 114 Å². The molecule has 0 aliphatic rings. The van der Waals surface area contributed by atoms with Gasteiger partial charge in [-0.15, -0.1) is 11.3 Å². The summed E-state index contributed by atoms with van der Waals surface area (Å²) in [5, 5.41) is 5.41. The van der Waals surface area contributed by atoms with Crippen molar-refractivity contribution < 1.29 is 4.79 Å². The van der Waals surface area contributed by atoms with Gasteiger partial charge < -0.3 is 10.2 Å². The topological polar surface area (TPSA) is 32.3 Å². The molecule has 1 rings (SSSR count). The lowest BCUT2D eigenvalue weighted by Gasteiger charge is -2.22. The van der Waals surface area contributed by atoms with Crippen LogP contribution >= 0.6 is 11.3 Å². The summed E-state index contributed by atoms with van der Waals surface area (Å²) in [6.07, 6.45) is 1.52. The molecule has 1 aromatic heterocycles. The smallest absolute Gasteiger partial charge is 0.223 e. The van der Waals surface area contributed by atoms with Gasteiger partial charge in [-0.3, -0.25) is 4.79 Å². The first-order valence-electron chi connectivity index (χ1n) is 6.40. The van der Waals surface area contributed by atoms with Gasteiger partial charge in [-0.05, 0) is 38.6 Å². The van der Waals surface area contributed by atoms with E-state index >= 15 is 0 Å². The minimum Gasteiger partial charge on any atom is -0.345 e. The number of likely N-dealkylation sites (N-methyl/N-ethyl adjacent to an activating group) is 1. The number of hydrogen-bond acceptors (Lipinski definition) is 3. The first-order valence-corrected chi connectivity index (χ1v) is 7.28. The summed E-state index contributed by atoms with van der Waals surface area (Å²) >= 11 is 1.75. The highest BCUT2D eigenvalue weighted by atomic mass is 32.1. The summed E-state index contributed by atoms with van der Waals surface area (Å²) in [6, 6.07) is 4.17. The third kappa shape index (κ3) is 6.17. The molecule has 0 radical (unpaired) electrons. The van der Waals surface area contributed by atoms with E-state index in [0.29, 0.717) is 6.42 Å². The van der Waals surface area contributed by atoms with Crippen molar-refractivity contribution >= 4 is 17.2 Å². The molecular weight excluding hydrogens is 244 g/mol. The highest BCUT2D eigenvalue weighted by molar-refractivity contribution is 7.09. The van der Waals surface area contributed by atoms with Gasteiger partial charge >= 0.3 is 0 Å². The molecule has 1 aromatic rings.